The van der Waals surface area contributed by atoms with E-state index in [2.05, 4.69) is 10.1 Å². The summed E-state index contributed by atoms with van der Waals surface area (Å²) in [6.45, 7) is 1.59. The lowest BCUT2D eigenvalue weighted by Crippen LogP contribution is -2.24. The summed E-state index contributed by atoms with van der Waals surface area (Å²) in [5.41, 5.74) is 0.778. The van der Waals surface area contributed by atoms with Crippen LogP contribution in [-0.2, 0) is 17.8 Å². The minimum absolute atomic E-state index is 0.426. The molecule has 0 aromatic carbocycles. The number of fused-ring (bicyclic) bond motifs is 1. The van der Waals surface area contributed by atoms with Gasteiger partial charge in [-0.05, 0) is 6.42 Å². The summed E-state index contributed by atoms with van der Waals surface area (Å²) in [4.78, 5) is 26.3. The average molecular weight is 236 g/mol. The largest absolute Gasteiger partial charge is 0.480 e. The molecule has 7 nitrogen and oxygen atoms in total. The SMILES string of the molecule is CCCc1cc2nn(CC(=O)O)c(=O)n2cn1. The first-order valence-electron chi connectivity index (χ1n) is 5.27. The van der Waals surface area contributed by atoms with Crippen molar-refractivity contribution in [1.29, 1.82) is 0 Å². The maximum atomic E-state index is 11.7. The van der Waals surface area contributed by atoms with E-state index in [0.29, 0.717) is 5.65 Å². The van der Waals surface area contributed by atoms with Crippen molar-refractivity contribution >= 4 is 11.6 Å². The molecule has 0 saturated carbocycles. The highest BCUT2D eigenvalue weighted by Gasteiger charge is 2.10. The van der Waals surface area contributed by atoms with Crippen molar-refractivity contribution < 1.29 is 9.90 Å². The quantitative estimate of drug-likeness (QED) is 0.802. The molecule has 0 saturated heterocycles. The van der Waals surface area contributed by atoms with E-state index >= 15 is 0 Å². The molecule has 0 aliphatic carbocycles. The number of carboxylic acids is 1. The van der Waals surface area contributed by atoms with Gasteiger partial charge in [-0.25, -0.2) is 18.9 Å². The van der Waals surface area contributed by atoms with E-state index in [9.17, 15) is 9.59 Å². The summed E-state index contributed by atoms with van der Waals surface area (Å²) in [7, 11) is 0. The molecule has 0 aliphatic rings. The first-order valence-corrected chi connectivity index (χ1v) is 5.27. The van der Waals surface area contributed by atoms with Crippen molar-refractivity contribution in [2.24, 2.45) is 0 Å². The van der Waals surface area contributed by atoms with Crippen LogP contribution in [0.4, 0.5) is 0 Å². The van der Waals surface area contributed by atoms with Crippen LogP contribution in [0.3, 0.4) is 0 Å². The van der Waals surface area contributed by atoms with Crippen LogP contribution in [0.5, 0.6) is 0 Å². The van der Waals surface area contributed by atoms with Gasteiger partial charge < -0.3 is 5.11 Å². The molecule has 0 unspecified atom stereocenters. The summed E-state index contributed by atoms with van der Waals surface area (Å²) >= 11 is 0. The third-order valence-corrected chi connectivity index (χ3v) is 2.32. The number of rotatable bonds is 4. The number of hydrogen-bond acceptors (Lipinski definition) is 4. The van der Waals surface area contributed by atoms with Gasteiger partial charge in [-0.3, -0.25) is 4.79 Å². The second kappa shape index (κ2) is 4.36. The number of aromatic nitrogens is 4. The molecular formula is C10H12N4O3. The van der Waals surface area contributed by atoms with Crippen molar-refractivity contribution in [3.05, 3.63) is 28.6 Å². The maximum absolute atomic E-state index is 11.7. The molecular weight excluding hydrogens is 224 g/mol. The highest BCUT2D eigenvalue weighted by atomic mass is 16.4. The number of carbonyl (C=O) groups is 1. The average Bonchev–Trinajstić information content (AvgIpc) is 2.55. The van der Waals surface area contributed by atoms with Crippen LogP contribution in [-0.4, -0.2) is 30.2 Å². The Morgan fingerprint density at radius 3 is 2.94 bits per heavy atom. The van der Waals surface area contributed by atoms with Crippen LogP contribution in [0.15, 0.2) is 17.2 Å². The van der Waals surface area contributed by atoms with E-state index < -0.39 is 18.2 Å². The lowest BCUT2D eigenvalue weighted by atomic mass is 10.2. The number of aryl methyl sites for hydroxylation is 1. The van der Waals surface area contributed by atoms with E-state index in [1.807, 2.05) is 6.92 Å². The van der Waals surface area contributed by atoms with Crippen LogP contribution in [0.25, 0.3) is 5.65 Å². The van der Waals surface area contributed by atoms with E-state index in [4.69, 9.17) is 5.11 Å². The van der Waals surface area contributed by atoms with Crippen LogP contribution in [0.1, 0.15) is 19.0 Å². The van der Waals surface area contributed by atoms with Gasteiger partial charge in [-0.1, -0.05) is 13.3 Å². The minimum atomic E-state index is -1.10. The smallest absolute Gasteiger partial charge is 0.352 e. The van der Waals surface area contributed by atoms with Gasteiger partial charge in [0.15, 0.2) is 5.65 Å². The standard InChI is InChI=1S/C10H12N4O3/c1-2-3-7-4-8-12-14(5-9(15)16)10(17)13(8)6-11-7/h4,6H,2-3,5H2,1H3,(H,15,16). The zero-order valence-corrected chi connectivity index (χ0v) is 9.33. The van der Waals surface area contributed by atoms with Gasteiger partial charge in [0.2, 0.25) is 0 Å². The molecule has 0 amide bonds. The van der Waals surface area contributed by atoms with Crippen LogP contribution < -0.4 is 5.69 Å². The molecule has 1 N–H and O–H groups in total. The van der Waals surface area contributed by atoms with Crippen molar-refractivity contribution in [2.45, 2.75) is 26.3 Å². The van der Waals surface area contributed by atoms with Gasteiger partial charge in [-0.15, -0.1) is 5.10 Å². The Bertz CT molecular complexity index is 614. The number of hydrogen-bond donors (Lipinski definition) is 1. The molecule has 0 spiro atoms. The van der Waals surface area contributed by atoms with E-state index in [-0.39, 0.29) is 0 Å². The van der Waals surface area contributed by atoms with E-state index in [0.717, 1.165) is 23.2 Å². The molecule has 7 heteroatoms. The third kappa shape index (κ3) is 2.17. The Kier molecular flexibility index (Phi) is 2.90. The zero-order valence-electron chi connectivity index (χ0n) is 9.33. The van der Waals surface area contributed by atoms with E-state index in [1.54, 1.807) is 6.07 Å². The topological polar surface area (TPSA) is 89.5 Å². The lowest BCUT2D eigenvalue weighted by Gasteiger charge is -1.96. The van der Waals surface area contributed by atoms with Gasteiger partial charge in [0.1, 0.15) is 12.9 Å². The van der Waals surface area contributed by atoms with Gasteiger partial charge in [0.05, 0.1) is 0 Å². The highest BCUT2D eigenvalue weighted by Crippen LogP contribution is 2.02. The summed E-state index contributed by atoms with van der Waals surface area (Å²) in [6, 6.07) is 1.70. The molecule has 2 aromatic rings. The molecule has 90 valence electrons. The molecule has 2 rings (SSSR count). The fraction of sp³-hybridized carbons (Fsp3) is 0.400. The predicted octanol–water partition coefficient (Wildman–Crippen LogP) is -0.0719. The van der Waals surface area contributed by atoms with Crippen molar-refractivity contribution in [1.82, 2.24) is 19.2 Å². The molecule has 2 aromatic heterocycles. The Balaban J connectivity index is 2.49. The Morgan fingerprint density at radius 1 is 1.53 bits per heavy atom. The monoisotopic (exact) mass is 236 g/mol. The number of nitrogens with zero attached hydrogens (tertiary/aromatic N) is 4. The van der Waals surface area contributed by atoms with Crippen LogP contribution in [0.2, 0.25) is 0 Å². The van der Waals surface area contributed by atoms with Crippen LogP contribution >= 0.6 is 0 Å². The Labute approximate surface area is 96.3 Å². The molecule has 0 bridgehead atoms. The molecule has 0 fully saturated rings. The second-order valence-electron chi connectivity index (χ2n) is 3.69. The second-order valence-corrected chi connectivity index (χ2v) is 3.69. The predicted molar refractivity (Wildman–Crippen MR) is 58.9 cm³/mol. The molecule has 17 heavy (non-hydrogen) atoms. The fourth-order valence-electron chi connectivity index (χ4n) is 1.59. The normalized spacial score (nSPS) is 10.9. The van der Waals surface area contributed by atoms with E-state index in [1.165, 1.54) is 10.7 Å². The lowest BCUT2D eigenvalue weighted by molar-refractivity contribution is -0.137. The van der Waals surface area contributed by atoms with Crippen LogP contribution in [0, 0.1) is 0 Å². The Hall–Kier alpha value is -2.18. The molecule has 2 heterocycles. The number of aliphatic carboxylic acids is 1. The first kappa shape index (κ1) is 11.3. The van der Waals surface area contributed by atoms with Gasteiger partial charge >= 0.3 is 11.7 Å². The molecule has 0 aliphatic heterocycles. The van der Waals surface area contributed by atoms with Crippen molar-refractivity contribution in [3.63, 3.8) is 0 Å². The van der Waals surface area contributed by atoms with Gasteiger partial charge in [0, 0.05) is 11.8 Å². The van der Waals surface area contributed by atoms with Gasteiger partial charge in [0.25, 0.3) is 0 Å². The minimum Gasteiger partial charge on any atom is -0.480 e. The third-order valence-electron chi connectivity index (χ3n) is 2.32. The van der Waals surface area contributed by atoms with Gasteiger partial charge in [-0.2, -0.15) is 0 Å². The summed E-state index contributed by atoms with van der Waals surface area (Å²) in [5, 5.41) is 12.6. The van der Waals surface area contributed by atoms with Crippen molar-refractivity contribution in [2.75, 3.05) is 0 Å². The summed E-state index contributed by atoms with van der Waals surface area (Å²) < 4.78 is 2.15. The maximum Gasteiger partial charge on any atom is 0.352 e. The summed E-state index contributed by atoms with van der Waals surface area (Å²) in [5.74, 6) is -1.10. The number of carboxylic acid groups (broad SMARTS) is 1. The zero-order chi connectivity index (χ0) is 12.4. The fourth-order valence-corrected chi connectivity index (χ4v) is 1.59. The molecule has 0 atom stereocenters. The van der Waals surface area contributed by atoms with Crippen molar-refractivity contribution in [3.8, 4) is 0 Å². The highest BCUT2D eigenvalue weighted by molar-refractivity contribution is 5.66. The molecule has 0 radical (unpaired) electrons. The summed E-state index contributed by atoms with van der Waals surface area (Å²) in [6.07, 6.45) is 3.13. The Morgan fingerprint density at radius 2 is 2.29 bits per heavy atom. The first-order chi connectivity index (χ1) is 8.11.